The van der Waals surface area contributed by atoms with Crippen LogP contribution in [0, 0.1) is 0 Å². The maximum atomic E-state index is 5.32. The second-order valence-corrected chi connectivity index (χ2v) is 15.2. The third-order valence-corrected chi connectivity index (χ3v) is 11.5. The van der Waals surface area contributed by atoms with Crippen LogP contribution in [-0.2, 0) is 0 Å². The molecule has 0 unspecified atom stereocenters. The Morgan fingerprint density at radius 3 is 1.33 bits per heavy atom. The van der Waals surface area contributed by atoms with E-state index < -0.39 is 0 Å². The van der Waals surface area contributed by atoms with E-state index in [9.17, 15) is 0 Å². The summed E-state index contributed by atoms with van der Waals surface area (Å²) in [6.07, 6.45) is 0. The minimum atomic E-state index is 0.622. The lowest BCUT2D eigenvalue weighted by Gasteiger charge is -2.15. The molecule has 3 heteroatoms. The molecular weight excluding hydrogens is 727 g/mol. The van der Waals surface area contributed by atoms with E-state index in [2.05, 4.69) is 224 Å². The first-order valence-corrected chi connectivity index (χ1v) is 20.3. The maximum Gasteiger partial charge on any atom is 0.164 e. The Morgan fingerprint density at radius 1 is 0.200 bits per heavy atom. The summed E-state index contributed by atoms with van der Waals surface area (Å²) in [7, 11) is 0. The van der Waals surface area contributed by atoms with E-state index in [-0.39, 0.29) is 0 Å². The van der Waals surface area contributed by atoms with E-state index >= 15 is 0 Å². The molecule has 0 saturated carbocycles. The predicted molar refractivity (Wildman–Crippen MR) is 250 cm³/mol. The highest BCUT2D eigenvalue weighted by Gasteiger charge is 2.19. The summed E-state index contributed by atoms with van der Waals surface area (Å²) in [5.74, 6) is 1.87. The Hall–Kier alpha value is -8.01. The van der Waals surface area contributed by atoms with E-state index in [1.165, 1.54) is 43.8 Å². The lowest BCUT2D eigenvalue weighted by atomic mass is 9.94. The van der Waals surface area contributed by atoms with Crippen LogP contribution < -0.4 is 0 Å². The van der Waals surface area contributed by atoms with Crippen molar-refractivity contribution in [3.05, 3.63) is 224 Å². The average Bonchev–Trinajstić information content (AvgIpc) is 3.33. The summed E-state index contributed by atoms with van der Waals surface area (Å²) in [6, 6.07) is 79.5. The summed E-state index contributed by atoms with van der Waals surface area (Å²) >= 11 is 0. The summed E-state index contributed by atoms with van der Waals surface area (Å²) in [6.45, 7) is 0. The fourth-order valence-corrected chi connectivity index (χ4v) is 8.46. The standard InChI is InChI=1S/C57H37N3/c1-2-13-38(14-3-1)44-30-31-46-37-48(34-32-45(46)35-44)55-58-56(60-57(59-55)54-23-11-9-21-52(54)47-33-25-39-15-4-5-17-43(39)36-47)53-22-10-8-20-51(53)42-28-26-41(27-29-42)50-24-12-18-40-16-6-7-19-49(40)50/h1-37H. The van der Waals surface area contributed by atoms with Crippen molar-refractivity contribution in [3.63, 3.8) is 0 Å². The van der Waals surface area contributed by atoms with Gasteiger partial charge in [-0.1, -0.05) is 206 Å². The Morgan fingerprint density at radius 2 is 0.617 bits per heavy atom. The van der Waals surface area contributed by atoms with Crippen molar-refractivity contribution in [1.29, 1.82) is 0 Å². The lowest BCUT2D eigenvalue weighted by molar-refractivity contribution is 1.08. The normalized spacial score (nSPS) is 11.3. The van der Waals surface area contributed by atoms with Gasteiger partial charge in [-0.2, -0.15) is 0 Å². The molecule has 0 fully saturated rings. The number of benzene rings is 10. The zero-order chi connectivity index (χ0) is 39.8. The van der Waals surface area contributed by atoms with Gasteiger partial charge in [0, 0.05) is 16.7 Å². The molecule has 0 radical (unpaired) electrons. The van der Waals surface area contributed by atoms with E-state index in [0.717, 1.165) is 49.7 Å². The number of hydrogen-bond donors (Lipinski definition) is 0. The van der Waals surface area contributed by atoms with Gasteiger partial charge in [-0.25, -0.2) is 15.0 Å². The van der Waals surface area contributed by atoms with Crippen molar-refractivity contribution in [2.75, 3.05) is 0 Å². The first-order chi connectivity index (χ1) is 29.7. The van der Waals surface area contributed by atoms with Crippen LogP contribution in [0.15, 0.2) is 224 Å². The van der Waals surface area contributed by atoms with Gasteiger partial charge in [0.05, 0.1) is 0 Å². The van der Waals surface area contributed by atoms with Gasteiger partial charge in [-0.05, 0) is 95.0 Å². The predicted octanol–water partition coefficient (Wildman–Crippen LogP) is 15.0. The van der Waals surface area contributed by atoms with Crippen molar-refractivity contribution in [2.24, 2.45) is 0 Å². The zero-order valence-electron chi connectivity index (χ0n) is 32.7. The summed E-state index contributed by atoms with van der Waals surface area (Å²) in [4.78, 5) is 15.9. The maximum absolute atomic E-state index is 5.32. The van der Waals surface area contributed by atoms with Crippen LogP contribution in [0.2, 0.25) is 0 Å². The summed E-state index contributed by atoms with van der Waals surface area (Å²) in [5.41, 5.74) is 11.9. The fourth-order valence-electron chi connectivity index (χ4n) is 8.46. The largest absolute Gasteiger partial charge is 0.208 e. The average molecular weight is 764 g/mol. The van der Waals surface area contributed by atoms with Gasteiger partial charge >= 0.3 is 0 Å². The Balaban J connectivity index is 1.06. The van der Waals surface area contributed by atoms with Crippen molar-refractivity contribution < 1.29 is 0 Å². The van der Waals surface area contributed by atoms with E-state index in [1.807, 2.05) is 0 Å². The first kappa shape index (κ1) is 35.2. The van der Waals surface area contributed by atoms with Crippen LogP contribution in [0.5, 0.6) is 0 Å². The molecule has 0 amide bonds. The first-order valence-electron chi connectivity index (χ1n) is 20.3. The summed E-state index contributed by atoms with van der Waals surface area (Å²) < 4.78 is 0. The van der Waals surface area contributed by atoms with Crippen LogP contribution in [0.25, 0.3) is 111 Å². The van der Waals surface area contributed by atoms with Gasteiger partial charge in [-0.3, -0.25) is 0 Å². The number of aromatic nitrogens is 3. The highest BCUT2D eigenvalue weighted by molar-refractivity contribution is 5.97. The molecule has 0 aliphatic heterocycles. The van der Waals surface area contributed by atoms with E-state index in [4.69, 9.17) is 15.0 Å². The second kappa shape index (κ2) is 15.1. The Labute approximate surface area is 349 Å². The van der Waals surface area contributed by atoms with Crippen LogP contribution in [0.3, 0.4) is 0 Å². The molecule has 0 bridgehead atoms. The van der Waals surface area contributed by atoms with Crippen LogP contribution in [-0.4, -0.2) is 15.0 Å². The van der Waals surface area contributed by atoms with E-state index in [1.54, 1.807) is 0 Å². The molecule has 11 aromatic rings. The minimum absolute atomic E-state index is 0.622. The molecule has 0 aliphatic carbocycles. The molecule has 11 rings (SSSR count). The molecule has 0 spiro atoms. The highest BCUT2D eigenvalue weighted by atomic mass is 15.0. The molecule has 0 atom stereocenters. The molecule has 3 nitrogen and oxygen atoms in total. The second-order valence-electron chi connectivity index (χ2n) is 15.2. The SMILES string of the molecule is c1ccc(-c2ccc3cc(-c4nc(-c5ccccc5-c5ccc(-c6cccc7ccccc67)cc5)nc(-c5ccccc5-c5ccc6ccccc6c5)n4)ccc3c2)cc1. The third kappa shape index (κ3) is 6.58. The van der Waals surface area contributed by atoms with Gasteiger partial charge in [0.2, 0.25) is 0 Å². The van der Waals surface area contributed by atoms with Crippen LogP contribution in [0.4, 0.5) is 0 Å². The van der Waals surface area contributed by atoms with Gasteiger partial charge in [0.25, 0.3) is 0 Å². The third-order valence-electron chi connectivity index (χ3n) is 11.5. The monoisotopic (exact) mass is 763 g/mol. The molecular formula is C57H37N3. The Bertz CT molecular complexity index is 3360. The van der Waals surface area contributed by atoms with Crippen LogP contribution >= 0.6 is 0 Å². The van der Waals surface area contributed by atoms with Gasteiger partial charge in [-0.15, -0.1) is 0 Å². The Kier molecular flexibility index (Phi) is 8.83. The smallest absolute Gasteiger partial charge is 0.164 e. The topological polar surface area (TPSA) is 38.7 Å². The molecule has 0 aliphatic rings. The fraction of sp³-hybridized carbons (Fsp3) is 0. The molecule has 1 heterocycles. The molecule has 10 aromatic carbocycles. The zero-order valence-corrected chi connectivity index (χ0v) is 32.7. The van der Waals surface area contributed by atoms with Crippen molar-refractivity contribution >= 4 is 32.3 Å². The lowest BCUT2D eigenvalue weighted by Crippen LogP contribution is -2.02. The number of fused-ring (bicyclic) bond motifs is 3. The van der Waals surface area contributed by atoms with E-state index in [0.29, 0.717) is 17.5 Å². The van der Waals surface area contributed by atoms with Crippen LogP contribution in [0.1, 0.15) is 0 Å². The molecule has 60 heavy (non-hydrogen) atoms. The van der Waals surface area contributed by atoms with Gasteiger partial charge < -0.3 is 0 Å². The summed E-state index contributed by atoms with van der Waals surface area (Å²) in [5, 5.41) is 7.16. The number of rotatable bonds is 7. The van der Waals surface area contributed by atoms with Crippen molar-refractivity contribution in [1.82, 2.24) is 15.0 Å². The molecule has 0 N–H and O–H groups in total. The van der Waals surface area contributed by atoms with Crippen molar-refractivity contribution in [2.45, 2.75) is 0 Å². The van der Waals surface area contributed by atoms with Gasteiger partial charge in [0.1, 0.15) is 0 Å². The quantitative estimate of drug-likeness (QED) is 0.162. The molecule has 1 aromatic heterocycles. The molecule has 0 saturated heterocycles. The molecule has 280 valence electrons. The minimum Gasteiger partial charge on any atom is -0.208 e. The number of hydrogen-bond acceptors (Lipinski definition) is 3. The number of nitrogens with zero attached hydrogens (tertiary/aromatic N) is 3. The van der Waals surface area contributed by atoms with Crippen molar-refractivity contribution in [3.8, 4) is 78.7 Å². The van der Waals surface area contributed by atoms with Gasteiger partial charge in [0.15, 0.2) is 17.5 Å². The highest BCUT2D eigenvalue weighted by Crippen LogP contribution is 2.38.